The summed E-state index contributed by atoms with van der Waals surface area (Å²) in [5.74, 6) is 0.105. The number of carbonyl (C=O) groups excluding carboxylic acids is 2. The van der Waals surface area contributed by atoms with E-state index < -0.39 is 0 Å². The summed E-state index contributed by atoms with van der Waals surface area (Å²) in [5, 5.41) is 5.20. The van der Waals surface area contributed by atoms with Gasteiger partial charge >= 0.3 is 0 Å². The van der Waals surface area contributed by atoms with Gasteiger partial charge in [0.2, 0.25) is 5.91 Å². The number of rotatable bonds is 1. The highest BCUT2D eigenvalue weighted by Gasteiger charge is 2.35. The fraction of sp³-hybridized carbons (Fsp3) is 0.263. The van der Waals surface area contributed by atoms with E-state index in [1.807, 2.05) is 18.2 Å². The van der Waals surface area contributed by atoms with Crippen molar-refractivity contribution in [2.75, 3.05) is 0 Å². The van der Waals surface area contributed by atoms with Crippen LogP contribution in [0.15, 0.2) is 53.7 Å². The minimum absolute atomic E-state index is 0.0198. The molecule has 3 heteroatoms. The van der Waals surface area contributed by atoms with E-state index >= 15 is 0 Å². The molecule has 1 aliphatic heterocycles. The van der Waals surface area contributed by atoms with Gasteiger partial charge in [0.15, 0.2) is 5.78 Å². The molecule has 0 aromatic heterocycles. The third-order valence-electron chi connectivity index (χ3n) is 4.68. The largest absolute Gasteiger partial charge is 0.329 e. The summed E-state index contributed by atoms with van der Waals surface area (Å²) in [6.45, 7) is 0. The zero-order valence-corrected chi connectivity index (χ0v) is 12.3. The topological polar surface area (TPSA) is 46.2 Å². The highest BCUT2D eigenvalue weighted by Crippen LogP contribution is 2.40. The Morgan fingerprint density at radius 2 is 1.77 bits per heavy atom. The first kappa shape index (κ1) is 13.3. The van der Waals surface area contributed by atoms with Crippen molar-refractivity contribution in [3.63, 3.8) is 0 Å². The predicted octanol–water partition coefficient (Wildman–Crippen LogP) is 3.45. The molecule has 22 heavy (non-hydrogen) atoms. The van der Waals surface area contributed by atoms with Crippen molar-refractivity contribution in [2.45, 2.75) is 31.6 Å². The number of ketones is 1. The van der Waals surface area contributed by atoms with Crippen molar-refractivity contribution >= 4 is 22.5 Å². The summed E-state index contributed by atoms with van der Waals surface area (Å²) in [6.07, 6.45) is 2.59. The minimum Gasteiger partial charge on any atom is -0.329 e. The van der Waals surface area contributed by atoms with Gasteiger partial charge in [0, 0.05) is 30.0 Å². The lowest BCUT2D eigenvalue weighted by molar-refractivity contribution is -0.122. The molecule has 110 valence electrons. The molecule has 0 unspecified atom stereocenters. The minimum atomic E-state index is -0.109. The average molecular weight is 291 g/mol. The maximum Gasteiger partial charge on any atom is 0.225 e. The second kappa shape index (κ2) is 5.09. The Bertz CT molecular complexity index is 814. The van der Waals surface area contributed by atoms with Crippen LogP contribution in [0.5, 0.6) is 0 Å². The zero-order chi connectivity index (χ0) is 15.1. The SMILES string of the molecule is O=C1C[C@H](c2cccc3ccccc23)C2=C(CCCC2=O)N1. The summed E-state index contributed by atoms with van der Waals surface area (Å²) in [7, 11) is 0. The van der Waals surface area contributed by atoms with Gasteiger partial charge in [-0.2, -0.15) is 0 Å². The molecule has 4 rings (SSSR count). The van der Waals surface area contributed by atoms with E-state index in [4.69, 9.17) is 0 Å². The predicted molar refractivity (Wildman–Crippen MR) is 85.3 cm³/mol. The quantitative estimate of drug-likeness (QED) is 0.874. The molecule has 0 fully saturated rings. The second-order valence-electron chi connectivity index (χ2n) is 6.04. The van der Waals surface area contributed by atoms with Crippen LogP contribution in [-0.2, 0) is 9.59 Å². The molecule has 2 aromatic rings. The van der Waals surface area contributed by atoms with Crippen LogP contribution in [0, 0.1) is 0 Å². The van der Waals surface area contributed by atoms with Crippen molar-refractivity contribution < 1.29 is 9.59 Å². The van der Waals surface area contributed by atoms with Gasteiger partial charge in [-0.25, -0.2) is 0 Å². The van der Waals surface area contributed by atoms with Gasteiger partial charge in [0.1, 0.15) is 0 Å². The van der Waals surface area contributed by atoms with E-state index in [0.29, 0.717) is 12.8 Å². The maximum absolute atomic E-state index is 12.4. The number of benzene rings is 2. The highest BCUT2D eigenvalue weighted by atomic mass is 16.2. The Morgan fingerprint density at radius 3 is 2.68 bits per heavy atom. The van der Waals surface area contributed by atoms with E-state index in [1.54, 1.807) is 0 Å². The summed E-state index contributed by atoms with van der Waals surface area (Å²) in [5.41, 5.74) is 2.78. The van der Waals surface area contributed by atoms with Crippen molar-refractivity contribution in [1.29, 1.82) is 0 Å². The Hall–Kier alpha value is -2.42. The molecule has 0 bridgehead atoms. The maximum atomic E-state index is 12.4. The molecule has 1 amide bonds. The normalized spacial score (nSPS) is 21.7. The fourth-order valence-electron chi connectivity index (χ4n) is 3.72. The third kappa shape index (κ3) is 2.05. The van der Waals surface area contributed by atoms with Gasteiger partial charge in [-0.3, -0.25) is 9.59 Å². The van der Waals surface area contributed by atoms with Crippen LogP contribution in [0.1, 0.15) is 37.2 Å². The van der Waals surface area contributed by atoms with Gasteiger partial charge in [-0.15, -0.1) is 0 Å². The number of amides is 1. The van der Waals surface area contributed by atoms with Crippen LogP contribution in [0.3, 0.4) is 0 Å². The molecule has 0 spiro atoms. The summed E-state index contributed by atoms with van der Waals surface area (Å²) in [6, 6.07) is 14.3. The number of nitrogens with one attached hydrogen (secondary N) is 1. The Kier molecular flexibility index (Phi) is 3.07. The molecule has 0 saturated heterocycles. The van der Waals surface area contributed by atoms with Gasteiger partial charge in [-0.05, 0) is 29.2 Å². The fourth-order valence-corrected chi connectivity index (χ4v) is 3.72. The number of allylic oxidation sites excluding steroid dienone is 2. The lowest BCUT2D eigenvalue weighted by atomic mass is 9.77. The summed E-state index contributed by atoms with van der Waals surface area (Å²) >= 11 is 0. The van der Waals surface area contributed by atoms with Crippen molar-refractivity contribution in [3.8, 4) is 0 Å². The Labute approximate surface area is 129 Å². The molecule has 3 nitrogen and oxygen atoms in total. The van der Waals surface area contributed by atoms with Crippen molar-refractivity contribution in [2.24, 2.45) is 0 Å². The van der Waals surface area contributed by atoms with Crippen LogP contribution >= 0.6 is 0 Å². The van der Waals surface area contributed by atoms with E-state index in [-0.39, 0.29) is 17.6 Å². The van der Waals surface area contributed by atoms with Crippen LogP contribution in [0.4, 0.5) is 0 Å². The molecular weight excluding hydrogens is 274 g/mol. The summed E-state index contributed by atoms with van der Waals surface area (Å²) < 4.78 is 0. The third-order valence-corrected chi connectivity index (χ3v) is 4.68. The number of Topliss-reactive ketones (excluding diaryl/α,β-unsaturated/α-hetero) is 1. The van der Waals surface area contributed by atoms with E-state index in [9.17, 15) is 9.59 Å². The first-order valence-electron chi connectivity index (χ1n) is 7.78. The van der Waals surface area contributed by atoms with E-state index in [1.165, 1.54) is 0 Å². The van der Waals surface area contributed by atoms with Gasteiger partial charge < -0.3 is 5.32 Å². The molecule has 1 aliphatic carbocycles. The highest BCUT2D eigenvalue weighted by molar-refractivity contribution is 6.02. The monoisotopic (exact) mass is 291 g/mol. The molecule has 2 aromatic carbocycles. The number of fused-ring (bicyclic) bond motifs is 1. The molecule has 2 aliphatic rings. The molecule has 1 heterocycles. The molecule has 0 saturated carbocycles. The zero-order valence-electron chi connectivity index (χ0n) is 12.3. The number of carbonyl (C=O) groups is 2. The lowest BCUT2D eigenvalue weighted by Gasteiger charge is -2.31. The smallest absolute Gasteiger partial charge is 0.225 e. The molecule has 1 N–H and O–H groups in total. The van der Waals surface area contributed by atoms with Gasteiger partial charge in [0.05, 0.1) is 0 Å². The first-order chi connectivity index (χ1) is 10.7. The standard InChI is InChI=1S/C19H17NO2/c21-17-10-4-9-16-19(17)15(11-18(22)20-16)14-8-3-6-12-5-1-2-7-13(12)14/h1-3,5-8,15H,4,9-11H2,(H,20,22)/t15-/m1/s1. The Balaban J connectivity index is 1.92. The molecule has 1 atom stereocenters. The van der Waals surface area contributed by atoms with Gasteiger partial charge in [-0.1, -0.05) is 42.5 Å². The van der Waals surface area contributed by atoms with E-state index in [0.717, 1.165) is 40.4 Å². The van der Waals surface area contributed by atoms with Crippen LogP contribution in [0.2, 0.25) is 0 Å². The van der Waals surface area contributed by atoms with Crippen molar-refractivity contribution in [1.82, 2.24) is 5.32 Å². The average Bonchev–Trinajstić information content (AvgIpc) is 2.53. The Morgan fingerprint density at radius 1 is 0.955 bits per heavy atom. The molecular formula is C19H17NO2. The molecule has 0 radical (unpaired) electrons. The lowest BCUT2D eigenvalue weighted by Crippen LogP contribution is -2.36. The summed E-state index contributed by atoms with van der Waals surface area (Å²) in [4.78, 5) is 24.5. The van der Waals surface area contributed by atoms with Crippen LogP contribution in [0.25, 0.3) is 10.8 Å². The van der Waals surface area contributed by atoms with Crippen molar-refractivity contribution in [3.05, 3.63) is 59.3 Å². The van der Waals surface area contributed by atoms with Crippen LogP contribution in [-0.4, -0.2) is 11.7 Å². The van der Waals surface area contributed by atoms with Gasteiger partial charge in [0.25, 0.3) is 0 Å². The van der Waals surface area contributed by atoms with Crippen LogP contribution < -0.4 is 5.32 Å². The van der Waals surface area contributed by atoms with E-state index in [2.05, 4.69) is 29.6 Å². The number of hydrogen-bond donors (Lipinski definition) is 1. The second-order valence-corrected chi connectivity index (χ2v) is 6.04. The first-order valence-corrected chi connectivity index (χ1v) is 7.78. The number of hydrogen-bond acceptors (Lipinski definition) is 2.